The maximum Gasteiger partial charge on any atom is 0.330 e. The van der Waals surface area contributed by atoms with Gasteiger partial charge in [0.1, 0.15) is 6.61 Å². The summed E-state index contributed by atoms with van der Waals surface area (Å²) in [7, 11) is 0. The van der Waals surface area contributed by atoms with Crippen molar-refractivity contribution in [1.29, 1.82) is 0 Å². The molecule has 1 aromatic carbocycles. The number of amides is 1. The molecule has 1 saturated heterocycles. The Labute approximate surface area is 106 Å². The lowest BCUT2D eigenvalue weighted by molar-refractivity contribution is -0.139. The summed E-state index contributed by atoms with van der Waals surface area (Å²) in [5.74, 6) is -0.359. The maximum atomic E-state index is 11.4. The molecule has 1 aromatic rings. The van der Waals surface area contributed by atoms with Crippen LogP contribution in [0.25, 0.3) is 0 Å². The smallest absolute Gasteiger partial charge is 0.330 e. The Balaban J connectivity index is 1.75. The second-order valence-corrected chi connectivity index (χ2v) is 4.17. The van der Waals surface area contributed by atoms with Crippen LogP contribution in [0.15, 0.2) is 42.5 Å². The number of hydrogen-bond acceptors (Lipinski definition) is 3. The first-order chi connectivity index (χ1) is 8.74. The third kappa shape index (κ3) is 3.73. The van der Waals surface area contributed by atoms with Gasteiger partial charge in [-0.25, -0.2) is 4.79 Å². The number of rotatable bonds is 4. The molecule has 1 heterocycles. The molecular formula is C14H15NO3. The average molecular weight is 245 g/mol. The SMILES string of the molecule is O=C1CCC(/C=C/C(=O)OCc2ccccc2)N1. The molecule has 1 unspecified atom stereocenters. The minimum atomic E-state index is -0.389. The number of hydrogen-bond donors (Lipinski definition) is 1. The van der Waals surface area contributed by atoms with Crippen molar-refractivity contribution in [2.24, 2.45) is 0 Å². The van der Waals surface area contributed by atoms with Gasteiger partial charge >= 0.3 is 5.97 Å². The van der Waals surface area contributed by atoms with E-state index in [1.165, 1.54) is 6.08 Å². The van der Waals surface area contributed by atoms with Gasteiger partial charge in [0.15, 0.2) is 0 Å². The molecule has 1 amide bonds. The van der Waals surface area contributed by atoms with Crippen LogP contribution in [0.3, 0.4) is 0 Å². The highest BCUT2D eigenvalue weighted by molar-refractivity contribution is 5.83. The standard InChI is InChI=1S/C14H15NO3/c16-13-8-6-12(15-13)7-9-14(17)18-10-11-4-2-1-3-5-11/h1-5,7,9,12H,6,8,10H2,(H,15,16)/b9-7+. The Bertz CT molecular complexity index is 453. The molecule has 1 atom stereocenters. The third-order valence-electron chi connectivity index (χ3n) is 2.72. The molecule has 1 aliphatic rings. The molecule has 4 nitrogen and oxygen atoms in total. The molecule has 18 heavy (non-hydrogen) atoms. The zero-order chi connectivity index (χ0) is 12.8. The van der Waals surface area contributed by atoms with Crippen LogP contribution in [-0.4, -0.2) is 17.9 Å². The van der Waals surface area contributed by atoms with E-state index >= 15 is 0 Å². The number of esters is 1. The molecule has 0 spiro atoms. The van der Waals surface area contributed by atoms with E-state index in [0.717, 1.165) is 12.0 Å². The number of nitrogens with one attached hydrogen (secondary N) is 1. The zero-order valence-corrected chi connectivity index (χ0v) is 9.96. The lowest BCUT2D eigenvalue weighted by Gasteiger charge is -2.03. The topological polar surface area (TPSA) is 55.4 Å². The number of carbonyl (C=O) groups is 2. The van der Waals surface area contributed by atoms with Gasteiger partial charge in [-0.05, 0) is 12.0 Å². The van der Waals surface area contributed by atoms with Crippen molar-refractivity contribution in [2.45, 2.75) is 25.5 Å². The molecular weight excluding hydrogens is 230 g/mol. The van der Waals surface area contributed by atoms with Crippen molar-refractivity contribution in [1.82, 2.24) is 5.32 Å². The largest absolute Gasteiger partial charge is 0.458 e. The molecule has 0 radical (unpaired) electrons. The monoisotopic (exact) mass is 245 g/mol. The minimum absolute atomic E-state index is 0.0299. The number of carbonyl (C=O) groups excluding carboxylic acids is 2. The van der Waals surface area contributed by atoms with E-state index in [4.69, 9.17) is 4.74 Å². The Hall–Kier alpha value is -2.10. The highest BCUT2D eigenvalue weighted by Crippen LogP contribution is 2.07. The van der Waals surface area contributed by atoms with E-state index < -0.39 is 0 Å². The average Bonchev–Trinajstić information content (AvgIpc) is 2.81. The van der Waals surface area contributed by atoms with Crippen LogP contribution in [0, 0.1) is 0 Å². The quantitative estimate of drug-likeness (QED) is 0.647. The van der Waals surface area contributed by atoms with Gasteiger partial charge in [0.05, 0.1) is 0 Å². The van der Waals surface area contributed by atoms with Crippen molar-refractivity contribution in [3.8, 4) is 0 Å². The summed E-state index contributed by atoms with van der Waals surface area (Å²) < 4.78 is 5.08. The van der Waals surface area contributed by atoms with Crippen LogP contribution in [-0.2, 0) is 20.9 Å². The van der Waals surface area contributed by atoms with Crippen molar-refractivity contribution in [2.75, 3.05) is 0 Å². The summed E-state index contributed by atoms with van der Waals surface area (Å²) in [5.41, 5.74) is 0.952. The Morgan fingerprint density at radius 1 is 1.39 bits per heavy atom. The van der Waals surface area contributed by atoms with E-state index in [9.17, 15) is 9.59 Å². The van der Waals surface area contributed by atoms with Gasteiger partial charge in [-0.2, -0.15) is 0 Å². The van der Waals surface area contributed by atoms with Gasteiger partial charge in [0.2, 0.25) is 5.91 Å². The fraction of sp³-hybridized carbons (Fsp3) is 0.286. The summed E-state index contributed by atoms with van der Waals surface area (Å²) in [6.07, 6.45) is 4.31. The van der Waals surface area contributed by atoms with Gasteiger partial charge in [0, 0.05) is 18.5 Å². The first-order valence-electron chi connectivity index (χ1n) is 5.92. The zero-order valence-electron chi connectivity index (χ0n) is 9.96. The van der Waals surface area contributed by atoms with Crippen LogP contribution in [0.1, 0.15) is 18.4 Å². The van der Waals surface area contributed by atoms with E-state index in [1.54, 1.807) is 6.08 Å². The second-order valence-electron chi connectivity index (χ2n) is 4.17. The van der Waals surface area contributed by atoms with Crippen LogP contribution in [0.2, 0.25) is 0 Å². The van der Waals surface area contributed by atoms with Crippen molar-refractivity contribution >= 4 is 11.9 Å². The fourth-order valence-corrected chi connectivity index (χ4v) is 1.75. The lowest BCUT2D eigenvalue weighted by atomic mass is 10.2. The summed E-state index contributed by atoms with van der Waals surface area (Å²) in [6.45, 7) is 0.265. The predicted molar refractivity (Wildman–Crippen MR) is 66.5 cm³/mol. The van der Waals surface area contributed by atoms with Gasteiger partial charge < -0.3 is 10.1 Å². The second kappa shape index (κ2) is 6.00. The van der Waals surface area contributed by atoms with Crippen LogP contribution in [0.4, 0.5) is 0 Å². The number of benzene rings is 1. The summed E-state index contributed by atoms with van der Waals surface area (Å²) in [5, 5.41) is 2.75. The lowest BCUT2D eigenvalue weighted by Crippen LogP contribution is -2.23. The van der Waals surface area contributed by atoms with E-state index in [1.807, 2.05) is 30.3 Å². The maximum absolute atomic E-state index is 11.4. The molecule has 94 valence electrons. The van der Waals surface area contributed by atoms with Crippen molar-refractivity contribution in [3.63, 3.8) is 0 Å². The van der Waals surface area contributed by atoms with Gasteiger partial charge in [-0.3, -0.25) is 4.79 Å². The minimum Gasteiger partial charge on any atom is -0.458 e. The predicted octanol–water partition coefficient (Wildman–Crippen LogP) is 1.56. The van der Waals surface area contributed by atoms with Gasteiger partial charge in [-0.15, -0.1) is 0 Å². The van der Waals surface area contributed by atoms with Gasteiger partial charge in [0.25, 0.3) is 0 Å². The van der Waals surface area contributed by atoms with E-state index in [0.29, 0.717) is 6.42 Å². The molecule has 1 aliphatic heterocycles. The molecule has 1 fully saturated rings. The van der Waals surface area contributed by atoms with E-state index in [2.05, 4.69) is 5.32 Å². The molecule has 4 heteroatoms. The summed E-state index contributed by atoms with van der Waals surface area (Å²) in [4.78, 5) is 22.4. The summed E-state index contributed by atoms with van der Waals surface area (Å²) >= 11 is 0. The third-order valence-corrected chi connectivity index (χ3v) is 2.72. The highest BCUT2D eigenvalue weighted by atomic mass is 16.5. The highest BCUT2D eigenvalue weighted by Gasteiger charge is 2.17. The fourth-order valence-electron chi connectivity index (χ4n) is 1.75. The molecule has 1 N–H and O–H groups in total. The van der Waals surface area contributed by atoms with Gasteiger partial charge in [-0.1, -0.05) is 36.4 Å². The van der Waals surface area contributed by atoms with Crippen LogP contribution in [0.5, 0.6) is 0 Å². The number of ether oxygens (including phenoxy) is 1. The normalized spacial score (nSPS) is 18.9. The van der Waals surface area contributed by atoms with Crippen LogP contribution >= 0.6 is 0 Å². The first-order valence-corrected chi connectivity index (χ1v) is 5.92. The first kappa shape index (κ1) is 12.4. The Kier molecular flexibility index (Phi) is 4.12. The molecule has 2 rings (SSSR count). The molecule has 0 bridgehead atoms. The summed E-state index contributed by atoms with van der Waals surface area (Å²) in [6, 6.07) is 9.46. The molecule has 0 aliphatic carbocycles. The Morgan fingerprint density at radius 2 is 2.17 bits per heavy atom. The molecule has 0 aromatic heterocycles. The van der Waals surface area contributed by atoms with Crippen LogP contribution < -0.4 is 5.32 Å². The molecule has 0 saturated carbocycles. The van der Waals surface area contributed by atoms with Crippen molar-refractivity contribution < 1.29 is 14.3 Å². The Morgan fingerprint density at radius 3 is 2.83 bits per heavy atom. The van der Waals surface area contributed by atoms with E-state index in [-0.39, 0.29) is 24.5 Å². The van der Waals surface area contributed by atoms with Crippen molar-refractivity contribution in [3.05, 3.63) is 48.0 Å².